The summed E-state index contributed by atoms with van der Waals surface area (Å²) < 4.78 is 5.56. The van der Waals surface area contributed by atoms with Crippen molar-refractivity contribution in [3.63, 3.8) is 0 Å². The minimum Gasteiger partial charge on any atom is -0.490 e. The van der Waals surface area contributed by atoms with Crippen LogP contribution in [0.1, 0.15) is 11.1 Å². The van der Waals surface area contributed by atoms with Crippen LogP contribution in [0.3, 0.4) is 0 Å². The van der Waals surface area contributed by atoms with E-state index >= 15 is 0 Å². The van der Waals surface area contributed by atoms with Crippen molar-refractivity contribution in [2.24, 2.45) is 0 Å². The van der Waals surface area contributed by atoms with Crippen LogP contribution in [0, 0.1) is 6.92 Å². The molecule has 0 heterocycles. The van der Waals surface area contributed by atoms with Crippen molar-refractivity contribution in [1.29, 1.82) is 0 Å². The molecule has 0 saturated heterocycles. The molecule has 0 radical (unpaired) electrons. The van der Waals surface area contributed by atoms with Crippen molar-refractivity contribution in [1.82, 2.24) is 0 Å². The molecule has 18 heavy (non-hydrogen) atoms. The van der Waals surface area contributed by atoms with E-state index in [1.165, 1.54) is 11.1 Å². The SMILES string of the molecule is Cc1ccc(/C=C/COc2ccc(Cl)cc2)cc1. The average molecular weight is 259 g/mol. The molecule has 0 amide bonds. The van der Waals surface area contributed by atoms with Gasteiger partial charge >= 0.3 is 0 Å². The number of benzene rings is 2. The molecular formula is C16H15ClO. The smallest absolute Gasteiger partial charge is 0.119 e. The van der Waals surface area contributed by atoms with Crippen LogP contribution in [0.4, 0.5) is 0 Å². The van der Waals surface area contributed by atoms with Crippen molar-refractivity contribution in [3.05, 3.63) is 70.8 Å². The molecule has 0 aromatic heterocycles. The zero-order valence-electron chi connectivity index (χ0n) is 10.3. The van der Waals surface area contributed by atoms with Crippen molar-refractivity contribution >= 4 is 17.7 Å². The third-order valence-corrected chi connectivity index (χ3v) is 2.80. The van der Waals surface area contributed by atoms with E-state index in [0.717, 1.165) is 10.8 Å². The zero-order valence-corrected chi connectivity index (χ0v) is 11.0. The summed E-state index contributed by atoms with van der Waals surface area (Å²) in [5, 5.41) is 0.720. The summed E-state index contributed by atoms with van der Waals surface area (Å²) in [7, 11) is 0. The molecule has 0 atom stereocenters. The fourth-order valence-electron chi connectivity index (χ4n) is 1.54. The van der Waals surface area contributed by atoms with E-state index in [4.69, 9.17) is 16.3 Å². The van der Waals surface area contributed by atoms with Crippen molar-refractivity contribution in [2.45, 2.75) is 6.92 Å². The first-order valence-corrected chi connectivity index (χ1v) is 6.23. The molecule has 0 fully saturated rings. The lowest BCUT2D eigenvalue weighted by Gasteiger charge is -2.02. The topological polar surface area (TPSA) is 9.23 Å². The number of ether oxygens (including phenoxy) is 1. The fraction of sp³-hybridized carbons (Fsp3) is 0.125. The minimum atomic E-state index is 0.551. The highest BCUT2D eigenvalue weighted by Crippen LogP contribution is 2.15. The van der Waals surface area contributed by atoms with Gasteiger partial charge in [0.05, 0.1) is 0 Å². The van der Waals surface area contributed by atoms with E-state index in [9.17, 15) is 0 Å². The summed E-state index contributed by atoms with van der Waals surface area (Å²) in [5.74, 6) is 0.827. The largest absolute Gasteiger partial charge is 0.490 e. The molecule has 0 aliphatic heterocycles. The second-order valence-corrected chi connectivity index (χ2v) is 4.51. The number of hydrogen-bond donors (Lipinski definition) is 0. The van der Waals surface area contributed by atoms with Crippen LogP contribution >= 0.6 is 11.6 Å². The summed E-state index contributed by atoms with van der Waals surface area (Å²) in [6.45, 7) is 2.63. The van der Waals surface area contributed by atoms with Gasteiger partial charge in [-0.1, -0.05) is 47.5 Å². The Balaban J connectivity index is 1.84. The fourth-order valence-corrected chi connectivity index (χ4v) is 1.66. The Bertz CT molecular complexity index is 512. The standard InChI is InChI=1S/C16H15ClO/c1-13-4-6-14(7-5-13)3-2-12-18-16-10-8-15(17)9-11-16/h2-11H,12H2,1H3/b3-2+. The van der Waals surface area contributed by atoms with Gasteiger partial charge in [0.15, 0.2) is 0 Å². The molecule has 92 valence electrons. The summed E-state index contributed by atoms with van der Waals surface area (Å²) in [6.07, 6.45) is 4.05. The summed E-state index contributed by atoms with van der Waals surface area (Å²) >= 11 is 5.80. The molecule has 2 heteroatoms. The van der Waals surface area contributed by atoms with Gasteiger partial charge < -0.3 is 4.74 Å². The molecule has 0 aliphatic carbocycles. The number of halogens is 1. The van der Waals surface area contributed by atoms with Crippen molar-refractivity contribution < 1.29 is 4.74 Å². The summed E-state index contributed by atoms with van der Waals surface area (Å²) in [6, 6.07) is 15.7. The molecule has 2 aromatic rings. The van der Waals surface area contributed by atoms with Crippen LogP contribution in [0.5, 0.6) is 5.75 Å². The van der Waals surface area contributed by atoms with Gasteiger partial charge in [-0.3, -0.25) is 0 Å². The van der Waals surface area contributed by atoms with Crippen LogP contribution in [0.2, 0.25) is 5.02 Å². The highest BCUT2D eigenvalue weighted by Gasteiger charge is 1.91. The molecule has 0 spiro atoms. The maximum atomic E-state index is 5.80. The van der Waals surface area contributed by atoms with Gasteiger partial charge in [-0.15, -0.1) is 0 Å². The van der Waals surface area contributed by atoms with Gasteiger partial charge in [0.2, 0.25) is 0 Å². The van der Waals surface area contributed by atoms with E-state index in [1.807, 2.05) is 30.3 Å². The van der Waals surface area contributed by atoms with Crippen molar-refractivity contribution in [3.8, 4) is 5.75 Å². The lowest BCUT2D eigenvalue weighted by molar-refractivity contribution is 0.363. The summed E-state index contributed by atoms with van der Waals surface area (Å²) in [4.78, 5) is 0. The van der Waals surface area contributed by atoms with E-state index in [1.54, 1.807) is 0 Å². The van der Waals surface area contributed by atoms with Gasteiger partial charge in [0.25, 0.3) is 0 Å². The third-order valence-electron chi connectivity index (χ3n) is 2.55. The maximum absolute atomic E-state index is 5.80. The molecule has 0 N–H and O–H groups in total. The second kappa shape index (κ2) is 6.27. The Labute approximate surface area is 113 Å². The number of rotatable bonds is 4. The van der Waals surface area contributed by atoms with Gasteiger partial charge in [0.1, 0.15) is 12.4 Å². The first-order chi connectivity index (χ1) is 8.74. The molecule has 2 aromatic carbocycles. The summed E-state index contributed by atoms with van der Waals surface area (Å²) in [5.41, 5.74) is 2.45. The van der Waals surface area contributed by atoms with E-state index in [2.05, 4.69) is 37.3 Å². The quantitative estimate of drug-likeness (QED) is 0.770. The second-order valence-electron chi connectivity index (χ2n) is 4.08. The average Bonchev–Trinajstić information content (AvgIpc) is 2.39. The van der Waals surface area contributed by atoms with Gasteiger partial charge in [0, 0.05) is 5.02 Å². The van der Waals surface area contributed by atoms with E-state index in [0.29, 0.717) is 6.61 Å². The predicted octanol–water partition coefficient (Wildman–Crippen LogP) is 4.74. The van der Waals surface area contributed by atoms with Crippen LogP contribution in [-0.2, 0) is 0 Å². The highest BCUT2D eigenvalue weighted by molar-refractivity contribution is 6.30. The normalized spacial score (nSPS) is 10.8. The predicted molar refractivity (Wildman–Crippen MR) is 77.2 cm³/mol. The highest BCUT2D eigenvalue weighted by atomic mass is 35.5. The Morgan fingerprint density at radius 3 is 2.33 bits per heavy atom. The third kappa shape index (κ3) is 3.94. The van der Waals surface area contributed by atoms with Gasteiger partial charge in [-0.25, -0.2) is 0 Å². The van der Waals surface area contributed by atoms with Crippen LogP contribution in [0.15, 0.2) is 54.6 Å². The van der Waals surface area contributed by atoms with Crippen molar-refractivity contribution in [2.75, 3.05) is 6.61 Å². The van der Waals surface area contributed by atoms with Crippen LogP contribution in [-0.4, -0.2) is 6.61 Å². The lowest BCUT2D eigenvalue weighted by Crippen LogP contribution is -1.92. The Hall–Kier alpha value is -1.73. The first kappa shape index (κ1) is 12.7. The molecule has 0 aliphatic rings. The van der Waals surface area contributed by atoms with E-state index < -0.39 is 0 Å². The molecule has 0 unspecified atom stereocenters. The van der Waals surface area contributed by atoms with Gasteiger partial charge in [-0.05, 0) is 42.8 Å². The lowest BCUT2D eigenvalue weighted by atomic mass is 10.1. The van der Waals surface area contributed by atoms with Crippen LogP contribution in [0.25, 0.3) is 6.08 Å². The Morgan fingerprint density at radius 1 is 1.00 bits per heavy atom. The van der Waals surface area contributed by atoms with Crippen LogP contribution < -0.4 is 4.74 Å². The minimum absolute atomic E-state index is 0.551. The molecular weight excluding hydrogens is 244 g/mol. The zero-order chi connectivity index (χ0) is 12.8. The van der Waals surface area contributed by atoms with E-state index in [-0.39, 0.29) is 0 Å². The monoisotopic (exact) mass is 258 g/mol. The molecule has 0 saturated carbocycles. The molecule has 2 rings (SSSR count). The first-order valence-electron chi connectivity index (χ1n) is 5.85. The number of hydrogen-bond acceptors (Lipinski definition) is 1. The van der Waals surface area contributed by atoms with Gasteiger partial charge in [-0.2, -0.15) is 0 Å². The molecule has 0 bridgehead atoms. The Morgan fingerprint density at radius 2 is 1.67 bits per heavy atom. The molecule has 1 nitrogen and oxygen atoms in total. The number of aryl methyl sites for hydroxylation is 1. The Kier molecular flexibility index (Phi) is 4.43. The maximum Gasteiger partial charge on any atom is 0.119 e.